The number of aryl methyl sites for hydroxylation is 3. The molecule has 5 heteroatoms. The molecule has 150 valence electrons. The molecule has 0 aliphatic carbocycles. The maximum Gasteiger partial charge on any atom is 0.306 e. The van der Waals surface area contributed by atoms with Gasteiger partial charge in [0, 0.05) is 18.2 Å². The molecule has 0 saturated heterocycles. The fourth-order valence-corrected chi connectivity index (χ4v) is 3.67. The van der Waals surface area contributed by atoms with Gasteiger partial charge in [-0.2, -0.15) is 5.10 Å². The molecule has 0 atom stereocenters. The van der Waals surface area contributed by atoms with Crippen molar-refractivity contribution >= 4 is 11.8 Å². The van der Waals surface area contributed by atoms with E-state index in [2.05, 4.69) is 5.10 Å². The molecule has 3 rings (SSSR count). The molecule has 0 unspecified atom stereocenters. The fraction of sp³-hybridized carbons (Fsp3) is 0.292. The number of benzene rings is 2. The summed E-state index contributed by atoms with van der Waals surface area (Å²) in [6.45, 7) is 7.57. The van der Waals surface area contributed by atoms with Gasteiger partial charge in [0.05, 0.1) is 11.9 Å². The topological polar surface area (TPSA) is 61.2 Å². The quantitative estimate of drug-likeness (QED) is 0.434. The average Bonchev–Trinajstić information content (AvgIpc) is 3.15. The number of ether oxygens (including phenoxy) is 1. The van der Waals surface area contributed by atoms with E-state index in [1.165, 1.54) is 0 Å². The Labute approximate surface area is 171 Å². The Kier molecular flexibility index (Phi) is 6.27. The van der Waals surface area contributed by atoms with E-state index in [9.17, 15) is 9.59 Å². The number of esters is 1. The van der Waals surface area contributed by atoms with Gasteiger partial charge in [0.25, 0.3) is 0 Å². The Balaban J connectivity index is 1.59. The molecule has 0 spiro atoms. The van der Waals surface area contributed by atoms with Crippen LogP contribution in [0.5, 0.6) is 0 Å². The normalized spacial score (nSPS) is 10.8. The maximum absolute atomic E-state index is 12.3. The van der Waals surface area contributed by atoms with Crippen LogP contribution in [0.15, 0.2) is 48.8 Å². The predicted molar refractivity (Wildman–Crippen MR) is 112 cm³/mol. The van der Waals surface area contributed by atoms with Crippen LogP contribution in [0.2, 0.25) is 0 Å². The first-order valence-electron chi connectivity index (χ1n) is 9.72. The number of nitrogens with zero attached hydrogens (tertiary/aromatic N) is 2. The molecule has 3 aromatic rings. The summed E-state index contributed by atoms with van der Waals surface area (Å²) in [5.74, 6) is -0.232. The van der Waals surface area contributed by atoms with Crippen molar-refractivity contribution in [3.8, 4) is 5.69 Å². The zero-order valence-electron chi connectivity index (χ0n) is 17.4. The van der Waals surface area contributed by atoms with Crippen molar-refractivity contribution in [2.75, 3.05) is 0 Å². The summed E-state index contributed by atoms with van der Waals surface area (Å²) in [5, 5.41) is 4.35. The Morgan fingerprint density at radius 3 is 2.48 bits per heavy atom. The number of aromatic nitrogens is 2. The monoisotopic (exact) mass is 390 g/mol. The summed E-state index contributed by atoms with van der Waals surface area (Å²) in [4.78, 5) is 24.2. The summed E-state index contributed by atoms with van der Waals surface area (Å²) >= 11 is 0. The van der Waals surface area contributed by atoms with Crippen LogP contribution >= 0.6 is 0 Å². The summed E-state index contributed by atoms with van der Waals surface area (Å²) in [6.07, 6.45) is 4.55. The second-order valence-corrected chi connectivity index (χ2v) is 7.33. The SMILES string of the molecule is CC(=O)c1c(C)cc(C)c(COC(=O)CCc2cnn(-c3ccccc3)c2)c1C. The molecule has 0 radical (unpaired) electrons. The number of hydrogen-bond acceptors (Lipinski definition) is 4. The van der Waals surface area contributed by atoms with Crippen molar-refractivity contribution in [2.45, 2.75) is 47.1 Å². The van der Waals surface area contributed by atoms with Gasteiger partial charge < -0.3 is 4.74 Å². The van der Waals surface area contributed by atoms with E-state index in [0.29, 0.717) is 6.42 Å². The molecule has 2 aromatic carbocycles. The molecule has 0 saturated carbocycles. The van der Waals surface area contributed by atoms with Crippen molar-refractivity contribution < 1.29 is 14.3 Å². The van der Waals surface area contributed by atoms with E-state index in [4.69, 9.17) is 4.74 Å². The molecule has 0 N–H and O–H groups in total. The Morgan fingerprint density at radius 1 is 1.07 bits per heavy atom. The van der Waals surface area contributed by atoms with Crippen LogP contribution in [0.3, 0.4) is 0 Å². The third-order valence-corrected chi connectivity index (χ3v) is 5.14. The number of carbonyl (C=O) groups is 2. The number of Topliss-reactive ketones (excluding diaryl/α,β-unsaturated/α-hetero) is 1. The number of ketones is 1. The summed E-state index contributed by atoms with van der Waals surface area (Å²) in [6, 6.07) is 11.8. The molecule has 0 fully saturated rings. The second-order valence-electron chi connectivity index (χ2n) is 7.33. The van der Waals surface area contributed by atoms with Crippen molar-refractivity contribution in [1.82, 2.24) is 9.78 Å². The van der Waals surface area contributed by atoms with Gasteiger partial charge in [-0.05, 0) is 74.1 Å². The molecule has 5 nitrogen and oxygen atoms in total. The van der Waals surface area contributed by atoms with Crippen molar-refractivity contribution in [1.29, 1.82) is 0 Å². The van der Waals surface area contributed by atoms with Crippen LogP contribution in [0.1, 0.15) is 51.5 Å². The molecule has 0 amide bonds. The zero-order chi connectivity index (χ0) is 21.0. The van der Waals surface area contributed by atoms with Crippen LogP contribution in [0, 0.1) is 20.8 Å². The van der Waals surface area contributed by atoms with Gasteiger partial charge in [-0.25, -0.2) is 4.68 Å². The lowest BCUT2D eigenvalue weighted by molar-refractivity contribution is -0.144. The van der Waals surface area contributed by atoms with Gasteiger partial charge in [-0.15, -0.1) is 0 Å². The highest BCUT2D eigenvalue weighted by molar-refractivity contribution is 5.97. The highest BCUT2D eigenvalue weighted by Gasteiger charge is 2.15. The minimum Gasteiger partial charge on any atom is -0.461 e. The van der Waals surface area contributed by atoms with E-state index in [0.717, 1.165) is 39.1 Å². The van der Waals surface area contributed by atoms with Gasteiger partial charge in [0.2, 0.25) is 0 Å². The lowest BCUT2D eigenvalue weighted by atomic mass is 9.92. The largest absolute Gasteiger partial charge is 0.461 e. The highest BCUT2D eigenvalue weighted by atomic mass is 16.5. The highest BCUT2D eigenvalue weighted by Crippen LogP contribution is 2.24. The van der Waals surface area contributed by atoms with E-state index in [-0.39, 0.29) is 24.8 Å². The van der Waals surface area contributed by atoms with Gasteiger partial charge in [0.15, 0.2) is 5.78 Å². The van der Waals surface area contributed by atoms with Crippen molar-refractivity contribution in [3.05, 3.63) is 82.2 Å². The molecule has 0 aliphatic heterocycles. The lowest BCUT2D eigenvalue weighted by Gasteiger charge is -2.16. The summed E-state index contributed by atoms with van der Waals surface area (Å²) in [5.41, 5.74) is 6.47. The van der Waals surface area contributed by atoms with Gasteiger partial charge in [-0.1, -0.05) is 24.3 Å². The third kappa shape index (κ3) is 4.80. The first-order valence-corrected chi connectivity index (χ1v) is 9.72. The predicted octanol–water partition coefficient (Wildman–Crippen LogP) is 4.68. The molecule has 29 heavy (non-hydrogen) atoms. The molecule has 1 heterocycles. The number of carbonyl (C=O) groups excluding carboxylic acids is 2. The van der Waals surface area contributed by atoms with E-state index in [1.807, 2.05) is 63.4 Å². The minimum atomic E-state index is -0.263. The standard InChI is InChI=1S/C24H26N2O3/c1-16-12-17(2)24(19(4)27)18(3)22(16)15-29-23(28)11-10-20-13-25-26(14-20)21-8-6-5-7-9-21/h5-9,12-14H,10-11,15H2,1-4H3. The second kappa shape index (κ2) is 8.86. The first-order chi connectivity index (χ1) is 13.9. The van der Waals surface area contributed by atoms with Crippen molar-refractivity contribution in [2.24, 2.45) is 0 Å². The zero-order valence-corrected chi connectivity index (χ0v) is 17.4. The first kappa shape index (κ1) is 20.5. The molecular formula is C24H26N2O3. The van der Waals surface area contributed by atoms with Crippen LogP contribution in [-0.2, 0) is 22.6 Å². The van der Waals surface area contributed by atoms with Gasteiger partial charge in [-0.3, -0.25) is 9.59 Å². The Morgan fingerprint density at radius 2 is 1.79 bits per heavy atom. The number of para-hydroxylation sites is 1. The Hall–Kier alpha value is -3.21. The number of rotatable bonds is 7. The third-order valence-electron chi connectivity index (χ3n) is 5.14. The van der Waals surface area contributed by atoms with Crippen LogP contribution in [-0.4, -0.2) is 21.5 Å². The maximum atomic E-state index is 12.3. The molecule has 0 bridgehead atoms. The molecule has 0 aliphatic rings. The fourth-order valence-electron chi connectivity index (χ4n) is 3.67. The molecule has 1 aromatic heterocycles. The van der Waals surface area contributed by atoms with Crippen molar-refractivity contribution in [3.63, 3.8) is 0 Å². The van der Waals surface area contributed by atoms with E-state index in [1.54, 1.807) is 17.8 Å². The number of hydrogen-bond donors (Lipinski definition) is 0. The van der Waals surface area contributed by atoms with Crippen LogP contribution < -0.4 is 0 Å². The van der Waals surface area contributed by atoms with Crippen LogP contribution in [0.25, 0.3) is 5.69 Å². The Bertz CT molecular complexity index is 1040. The lowest BCUT2D eigenvalue weighted by Crippen LogP contribution is -2.10. The summed E-state index contributed by atoms with van der Waals surface area (Å²) < 4.78 is 7.29. The minimum absolute atomic E-state index is 0.0306. The average molecular weight is 390 g/mol. The van der Waals surface area contributed by atoms with Crippen LogP contribution in [0.4, 0.5) is 0 Å². The van der Waals surface area contributed by atoms with E-state index < -0.39 is 0 Å². The smallest absolute Gasteiger partial charge is 0.306 e. The van der Waals surface area contributed by atoms with Gasteiger partial charge >= 0.3 is 5.97 Å². The van der Waals surface area contributed by atoms with E-state index >= 15 is 0 Å². The summed E-state index contributed by atoms with van der Waals surface area (Å²) in [7, 11) is 0. The van der Waals surface area contributed by atoms with Gasteiger partial charge in [0.1, 0.15) is 6.61 Å². The molecular weight excluding hydrogens is 364 g/mol.